The molecule has 0 aromatic heterocycles. The summed E-state index contributed by atoms with van der Waals surface area (Å²) < 4.78 is 23.1. The highest BCUT2D eigenvalue weighted by Crippen LogP contribution is 2.34. The van der Waals surface area contributed by atoms with Crippen molar-refractivity contribution in [2.45, 2.75) is 11.8 Å². The largest absolute Gasteiger partial charge is 0.506 e. The zero-order valence-corrected chi connectivity index (χ0v) is 9.88. The maximum atomic E-state index is 11.6. The van der Waals surface area contributed by atoms with E-state index in [0.29, 0.717) is 10.9 Å². The van der Waals surface area contributed by atoms with Crippen LogP contribution in [0.4, 0.5) is 0 Å². The van der Waals surface area contributed by atoms with Crippen LogP contribution in [0, 0.1) is 6.92 Å². The van der Waals surface area contributed by atoms with Gasteiger partial charge in [0.25, 0.3) is 0 Å². The summed E-state index contributed by atoms with van der Waals surface area (Å²) in [5, 5.41) is 11.4. The second-order valence-corrected chi connectivity index (χ2v) is 5.82. The van der Waals surface area contributed by atoms with Gasteiger partial charge in [0.1, 0.15) is 10.6 Å². The second kappa shape index (κ2) is 3.49. The maximum absolute atomic E-state index is 11.6. The van der Waals surface area contributed by atoms with Crippen LogP contribution in [0.3, 0.4) is 0 Å². The van der Waals surface area contributed by atoms with Gasteiger partial charge in [-0.1, -0.05) is 24.3 Å². The molecule has 0 saturated carbocycles. The third-order valence-electron chi connectivity index (χ3n) is 2.53. The third-order valence-corrected chi connectivity index (χ3v) is 3.79. The van der Waals surface area contributed by atoms with Gasteiger partial charge in [0, 0.05) is 11.6 Å². The summed E-state index contributed by atoms with van der Waals surface area (Å²) >= 11 is 0. The van der Waals surface area contributed by atoms with Gasteiger partial charge < -0.3 is 5.11 Å². The van der Waals surface area contributed by atoms with Crippen molar-refractivity contribution in [3.63, 3.8) is 0 Å². The normalized spacial score (nSPS) is 11.9. The van der Waals surface area contributed by atoms with Crippen LogP contribution < -0.4 is 0 Å². The molecule has 2 rings (SSSR count). The lowest BCUT2D eigenvalue weighted by molar-refractivity contribution is 0.464. The Kier molecular flexibility index (Phi) is 2.39. The molecule has 0 aliphatic heterocycles. The summed E-state index contributed by atoms with van der Waals surface area (Å²) in [6.07, 6.45) is 1.10. The number of sulfone groups is 1. The number of benzene rings is 2. The molecule has 0 saturated heterocycles. The smallest absolute Gasteiger partial charge is 0.179 e. The molecule has 3 nitrogen and oxygen atoms in total. The molecule has 0 bridgehead atoms. The van der Waals surface area contributed by atoms with Crippen LogP contribution >= 0.6 is 0 Å². The van der Waals surface area contributed by atoms with Crippen molar-refractivity contribution in [3.05, 3.63) is 35.9 Å². The molecule has 0 heterocycles. The van der Waals surface area contributed by atoms with Crippen molar-refractivity contribution in [3.8, 4) is 5.75 Å². The van der Waals surface area contributed by atoms with E-state index in [0.717, 1.165) is 11.6 Å². The lowest BCUT2D eigenvalue weighted by atomic mass is 10.1. The van der Waals surface area contributed by atoms with Crippen LogP contribution in [-0.2, 0) is 9.84 Å². The van der Waals surface area contributed by atoms with E-state index in [1.54, 1.807) is 25.1 Å². The number of hydrogen-bond acceptors (Lipinski definition) is 3. The van der Waals surface area contributed by atoms with Gasteiger partial charge in [0.2, 0.25) is 0 Å². The predicted octanol–water partition coefficient (Wildman–Crippen LogP) is 2.26. The average molecular weight is 236 g/mol. The van der Waals surface area contributed by atoms with Crippen molar-refractivity contribution in [1.82, 2.24) is 0 Å². The van der Waals surface area contributed by atoms with Crippen LogP contribution in [0.1, 0.15) is 5.56 Å². The van der Waals surface area contributed by atoms with E-state index in [1.165, 1.54) is 0 Å². The molecule has 0 aliphatic rings. The Morgan fingerprint density at radius 3 is 2.44 bits per heavy atom. The minimum atomic E-state index is -3.41. The number of rotatable bonds is 1. The average Bonchev–Trinajstić information content (AvgIpc) is 2.15. The molecule has 2 aromatic carbocycles. The van der Waals surface area contributed by atoms with Gasteiger partial charge in [-0.15, -0.1) is 0 Å². The highest BCUT2D eigenvalue weighted by atomic mass is 32.2. The Hall–Kier alpha value is -1.55. The van der Waals surface area contributed by atoms with Gasteiger partial charge in [-0.3, -0.25) is 0 Å². The van der Waals surface area contributed by atoms with E-state index in [2.05, 4.69) is 0 Å². The first kappa shape index (κ1) is 11.0. The first-order chi connectivity index (χ1) is 7.41. The van der Waals surface area contributed by atoms with Crippen LogP contribution in [0.2, 0.25) is 0 Å². The van der Waals surface area contributed by atoms with E-state index in [-0.39, 0.29) is 10.6 Å². The fraction of sp³-hybridized carbons (Fsp3) is 0.167. The van der Waals surface area contributed by atoms with Gasteiger partial charge in [-0.25, -0.2) is 8.42 Å². The Balaban J connectivity index is 2.98. The molecular weight excluding hydrogens is 224 g/mol. The number of aryl methyl sites for hydroxylation is 1. The summed E-state index contributed by atoms with van der Waals surface area (Å²) in [5.74, 6) is -0.155. The van der Waals surface area contributed by atoms with Crippen molar-refractivity contribution >= 4 is 20.6 Å². The van der Waals surface area contributed by atoms with Gasteiger partial charge in [0.05, 0.1) is 0 Å². The highest BCUT2D eigenvalue weighted by Gasteiger charge is 2.18. The molecular formula is C12H12O3S. The quantitative estimate of drug-likeness (QED) is 0.826. The fourth-order valence-corrected chi connectivity index (χ4v) is 3.02. The van der Waals surface area contributed by atoms with Crippen molar-refractivity contribution in [2.75, 3.05) is 6.26 Å². The Bertz CT molecular complexity index is 657. The predicted molar refractivity (Wildman–Crippen MR) is 63.5 cm³/mol. The molecule has 84 valence electrons. The summed E-state index contributed by atoms with van der Waals surface area (Å²) in [7, 11) is -3.41. The van der Waals surface area contributed by atoms with E-state index in [4.69, 9.17) is 0 Å². The molecule has 2 aromatic rings. The molecule has 16 heavy (non-hydrogen) atoms. The molecule has 0 atom stereocenters. The fourth-order valence-electron chi connectivity index (χ4n) is 1.91. The number of aromatic hydroxyl groups is 1. The first-order valence-corrected chi connectivity index (χ1v) is 6.72. The Morgan fingerprint density at radius 1 is 1.19 bits per heavy atom. The zero-order chi connectivity index (χ0) is 11.9. The minimum Gasteiger partial charge on any atom is -0.506 e. The molecule has 4 heteroatoms. The van der Waals surface area contributed by atoms with Crippen molar-refractivity contribution in [1.29, 1.82) is 0 Å². The number of phenolic OH excluding ortho intramolecular Hbond substituents is 1. The molecule has 0 spiro atoms. The summed E-state index contributed by atoms with van der Waals surface area (Å²) in [6, 6.07) is 8.93. The van der Waals surface area contributed by atoms with Gasteiger partial charge in [-0.2, -0.15) is 0 Å². The lowest BCUT2D eigenvalue weighted by Crippen LogP contribution is -2.01. The number of fused-ring (bicyclic) bond motifs is 1. The van der Waals surface area contributed by atoms with E-state index < -0.39 is 9.84 Å². The first-order valence-electron chi connectivity index (χ1n) is 4.82. The van der Waals surface area contributed by atoms with Crippen LogP contribution in [0.5, 0.6) is 5.75 Å². The number of phenols is 1. The van der Waals surface area contributed by atoms with Gasteiger partial charge in [-0.05, 0) is 23.9 Å². The SMILES string of the molecule is Cc1cc2ccccc2c(O)c1S(C)(=O)=O. The van der Waals surface area contributed by atoms with Crippen LogP contribution in [0.25, 0.3) is 10.8 Å². The molecule has 0 fully saturated rings. The summed E-state index contributed by atoms with van der Waals surface area (Å²) in [4.78, 5) is 0.0196. The number of hydrogen-bond donors (Lipinski definition) is 1. The van der Waals surface area contributed by atoms with Crippen LogP contribution in [0.15, 0.2) is 35.2 Å². The Labute approximate surface area is 94.3 Å². The summed E-state index contributed by atoms with van der Waals surface area (Å²) in [6.45, 7) is 1.68. The van der Waals surface area contributed by atoms with Crippen molar-refractivity contribution in [2.24, 2.45) is 0 Å². The molecule has 0 amide bonds. The molecule has 1 N–H and O–H groups in total. The molecule has 0 unspecified atom stereocenters. The van der Waals surface area contributed by atoms with Gasteiger partial charge >= 0.3 is 0 Å². The minimum absolute atomic E-state index is 0.0196. The van der Waals surface area contributed by atoms with E-state index >= 15 is 0 Å². The third kappa shape index (κ3) is 1.65. The lowest BCUT2D eigenvalue weighted by Gasteiger charge is -2.09. The standard InChI is InChI=1S/C12H12O3S/c1-8-7-9-5-3-4-6-10(9)11(13)12(8)16(2,14)15/h3-7,13H,1-2H3. The van der Waals surface area contributed by atoms with Crippen molar-refractivity contribution < 1.29 is 13.5 Å². The van der Waals surface area contributed by atoms with E-state index in [9.17, 15) is 13.5 Å². The molecule has 0 aliphatic carbocycles. The maximum Gasteiger partial charge on any atom is 0.179 e. The monoisotopic (exact) mass is 236 g/mol. The topological polar surface area (TPSA) is 54.4 Å². The molecule has 0 radical (unpaired) electrons. The highest BCUT2D eigenvalue weighted by molar-refractivity contribution is 7.90. The van der Waals surface area contributed by atoms with E-state index in [1.807, 2.05) is 12.1 Å². The zero-order valence-electron chi connectivity index (χ0n) is 9.06. The van der Waals surface area contributed by atoms with Crippen LogP contribution in [-0.4, -0.2) is 19.8 Å². The second-order valence-electron chi connectivity index (χ2n) is 3.86. The Morgan fingerprint density at radius 2 is 1.81 bits per heavy atom. The van der Waals surface area contributed by atoms with Gasteiger partial charge in [0.15, 0.2) is 9.84 Å². The summed E-state index contributed by atoms with van der Waals surface area (Å²) in [5.41, 5.74) is 0.568.